The van der Waals surface area contributed by atoms with Gasteiger partial charge in [0.05, 0.1) is 5.69 Å². The molecule has 1 rings (SSSR count). The third-order valence-electron chi connectivity index (χ3n) is 1.08. The second-order valence-electron chi connectivity index (χ2n) is 2.21. The van der Waals surface area contributed by atoms with Crippen molar-refractivity contribution >= 4 is 0 Å². The second-order valence-corrected chi connectivity index (χ2v) is 2.21. The van der Waals surface area contributed by atoms with Crippen LogP contribution in [0.15, 0.2) is 12.4 Å². The first kappa shape index (κ1) is 6.20. The van der Waals surface area contributed by atoms with Gasteiger partial charge >= 0.3 is 0 Å². The Morgan fingerprint density at radius 3 is 2.56 bits per heavy atom. The maximum Gasteiger partial charge on any atom is 0.112 e. The van der Waals surface area contributed by atoms with E-state index in [2.05, 4.69) is 30.0 Å². The summed E-state index contributed by atoms with van der Waals surface area (Å²) < 4.78 is 0. The van der Waals surface area contributed by atoms with Crippen LogP contribution in [0, 0.1) is 6.20 Å². The summed E-state index contributed by atoms with van der Waals surface area (Å²) in [6, 6.07) is 0. The zero-order valence-corrected chi connectivity index (χ0v) is 5.63. The summed E-state index contributed by atoms with van der Waals surface area (Å²) in [5, 5.41) is 0. The average molecular weight is 121 g/mol. The first-order valence-corrected chi connectivity index (χ1v) is 2.99. The first-order valence-electron chi connectivity index (χ1n) is 2.99. The van der Waals surface area contributed by atoms with Crippen LogP contribution in [0.5, 0.6) is 0 Å². The molecule has 9 heavy (non-hydrogen) atoms. The number of aromatic nitrogens is 2. The van der Waals surface area contributed by atoms with E-state index in [4.69, 9.17) is 0 Å². The van der Waals surface area contributed by atoms with E-state index in [1.165, 1.54) is 0 Å². The van der Waals surface area contributed by atoms with E-state index in [0.29, 0.717) is 5.92 Å². The van der Waals surface area contributed by atoms with E-state index in [1.54, 1.807) is 12.4 Å². The quantitative estimate of drug-likeness (QED) is 0.561. The lowest BCUT2D eigenvalue weighted by Crippen LogP contribution is -1.91. The summed E-state index contributed by atoms with van der Waals surface area (Å²) in [6.45, 7) is 4.14. The molecule has 1 aromatic rings. The van der Waals surface area contributed by atoms with E-state index in [1.807, 2.05) is 0 Å². The van der Waals surface area contributed by atoms with Gasteiger partial charge in [-0.1, -0.05) is 13.8 Å². The predicted octanol–water partition coefficient (Wildman–Crippen LogP) is 1.40. The van der Waals surface area contributed by atoms with Crippen LogP contribution in [0.3, 0.4) is 0 Å². The van der Waals surface area contributed by atoms with Gasteiger partial charge in [0.1, 0.15) is 6.20 Å². The zero-order valence-electron chi connectivity index (χ0n) is 5.63. The fraction of sp³-hybridized carbons (Fsp3) is 0.429. The molecule has 0 aromatic carbocycles. The molecule has 2 nitrogen and oxygen atoms in total. The van der Waals surface area contributed by atoms with Gasteiger partial charge in [-0.2, -0.15) is 0 Å². The van der Waals surface area contributed by atoms with Crippen LogP contribution < -0.4 is 0 Å². The van der Waals surface area contributed by atoms with Crippen LogP contribution in [-0.2, 0) is 0 Å². The van der Waals surface area contributed by atoms with Crippen LogP contribution in [0.2, 0.25) is 0 Å². The molecule has 0 saturated heterocycles. The van der Waals surface area contributed by atoms with Crippen molar-refractivity contribution in [2.45, 2.75) is 19.8 Å². The lowest BCUT2D eigenvalue weighted by Gasteiger charge is -1.98. The highest BCUT2D eigenvalue weighted by Gasteiger charge is 1.97. The Morgan fingerprint density at radius 2 is 2.22 bits per heavy atom. The van der Waals surface area contributed by atoms with Crippen LogP contribution in [-0.4, -0.2) is 9.97 Å². The molecule has 0 atom stereocenters. The van der Waals surface area contributed by atoms with Gasteiger partial charge in [0, 0.05) is 12.4 Å². The molecule has 0 unspecified atom stereocenters. The molecule has 0 spiro atoms. The minimum atomic E-state index is 0.429. The van der Waals surface area contributed by atoms with Crippen LogP contribution in [0.4, 0.5) is 0 Å². The Hall–Kier alpha value is -0.920. The molecule has 0 aliphatic carbocycles. The summed E-state index contributed by atoms with van der Waals surface area (Å²) in [6.07, 6.45) is 6.12. The van der Waals surface area contributed by atoms with E-state index in [0.717, 1.165) is 5.69 Å². The number of rotatable bonds is 1. The fourth-order valence-electron chi connectivity index (χ4n) is 0.557. The third-order valence-corrected chi connectivity index (χ3v) is 1.08. The van der Waals surface area contributed by atoms with Crippen molar-refractivity contribution in [3.63, 3.8) is 0 Å². The molecular weight excluding hydrogens is 112 g/mol. The Balaban J connectivity index is 2.85. The van der Waals surface area contributed by atoms with Gasteiger partial charge in [-0.15, -0.1) is 0 Å². The van der Waals surface area contributed by atoms with Gasteiger partial charge < -0.3 is 0 Å². The smallest absolute Gasteiger partial charge is 0.112 e. The Labute approximate surface area is 55.0 Å². The summed E-state index contributed by atoms with van der Waals surface area (Å²) in [4.78, 5) is 7.88. The Morgan fingerprint density at radius 1 is 1.44 bits per heavy atom. The highest BCUT2D eigenvalue weighted by atomic mass is 14.8. The van der Waals surface area contributed by atoms with E-state index < -0.39 is 0 Å². The topological polar surface area (TPSA) is 25.8 Å². The highest BCUT2D eigenvalue weighted by molar-refractivity contribution is 4.97. The van der Waals surface area contributed by atoms with Crippen molar-refractivity contribution < 1.29 is 0 Å². The SMILES string of the molecule is CC(C)c1[c]nccn1. The van der Waals surface area contributed by atoms with Gasteiger partial charge in [0.15, 0.2) is 0 Å². The van der Waals surface area contributed by atoms with Gasteiger partial charge in [0.2, 0.25) is 0 Å². The maximum absolute atomic E-state index is 4.06. The maximum atomic E-state index is 4.06. The normalized spacial score (nSPS) is 10.1. The molecule has 1 aromatic heterocycles. The summed E-state index contributed by atoms with van der Waals surface area (Å²) in [7, 11) is 0. The van der Waals surface area contributed by atoms with Crippen LogP contribution >= 0.6 is 0 Å². The van der Waals surface area contributed by atoms with Gasteiger partial charge in [-0.25, -0.2) is 0 Å². The monoisotopic (exact) mass is 121 g/mol. The summed E-state index contributed by atoms with van der Waals surface area (Å²) in [5.74, 6) is 0.429. The molecule has 1 radical (unpaired) electrons. The van der Waals surface area contributed by atoms with Crippen molar-refractivity contribution in [3.05, 3.63) is 24.3 Å². The zero-order chi connectivity index (χ0) is 6.69. The fourth-order valence-corrected chi connectivity index (χ4v) is 0.557. The second kappa shape index (κ2) is 2.58. The molecule has 1 heterocycles. The highest BCUT2D eigenvalue weighted by Crippen LogP contribution is 2.06. The molecule has 0 N–H and O–H groups in total. The van der Waals surface area contributed by atoms with Gasteiger partial charge in [-0.3, -0.25) is 9.97 Å². The molecule has 47 valence electrons. The number of nitrogens with zero attached hydrogens (tertiary/aromatic N) is 2. The van der Waals surface area contributed by atoms with Crippen molar-refractivity contribution in [2.75, 3.05) is 0 Å². The molecule has 0 fully saturated rings. The van der Waals surface area contributed by atoms with Crippen molar-refractivity contribution in [1.82, 2.24) is 9.97 Å². The predicted molar refractivity (Wildman–Crippen MR) is 35.0 cm³/mol. The van der Waals surface area contributed by atoms with Crippen molar-refractivity contribution in [3.8, 4) is 0 Å². The largest absolute Gasteiger partial charge is 0.257 e. The number of hydrogen-bond acceptors (Lipinski definition) is 2. The van der Waals surface area contributed by atoms with E-state index in [9.17, 15) is 0 Å². The standard InChI is InChI=1S/C7H9N2/c1-6(2)7-5-8-3-4-9-7/h3-4,6H,1-2H3. The molecular formula is C7H9N2. The van der Waals surface area contributed by atoms with Crippen LogP contribution in [0.1, 0.15) is 25.5 Å². The van der Waals surface area contributed by atoms with E-state index >= 15 is 0 Å². The first-order chi connectivity index (χ1) is 4.30. The Bertz CT molecular complexity index is 170. The number of hydrogen-bond donors (Lipinski definition) is 0. The van der Waals surface area contributed by atoms with Gasteiger partial charge in [0.25, 0.3) is 0 Å². The average Bonchev–Trinajstić information content (AvgIpc) is 1.90. The minimum Gasteiger partial charge on any atom is -0.257 e. The summed E-state index contributed by atoms with van der Waals surface area (Å²) >= 11 is 0. The molecule has 0 bridgehead atoms. The summed E-state index contributed by atoms with van der Waals surface area (Å²) in [5.41, 5.74) is 0.928. The lowest BCUT2D eigenvalue weighted by molar-refractivity contribution is 0.808. The molecule has 0 saturated carbocycles. The van der Waals surface area contributed by atoms with Gasteiger partial charge in [-0.05, 0) is 5.92 Å². The molecule has 0 aliphatic heterocycles. The lowest BCUT2D eigenvalue weighted by atomic mass is 10.1. The Kier molecular flexibility index (Phi) is 1.78. The van der Waals surface area contributed by atoms with Crippen LogP contribution in [0.25, 0.3) is 0 Å². The third kappa shape index (κ3) is 1.49. The van der Waals surface area contributed by atoms with E-state index in [-0.39, 0.29) is 0 Å². The van der Waals surface area contributed by atoms with Crippen molar-refractivity contribution in [1.29, 1.82) is 0 Å². The molecule has 0 aliphatic rings. The molecule has 2 heteroatoms. The van der Waals surface area contributed by atoms with Crippen molar-refractivity contribution in [2.24, 2.45) is 0 Å². The molecule has 0 amide bonds. The minimum absolute atomic E-state index is 0.429.